The Balaban J connectivity index is 2.46. The Hall–Kier alpha value is -1.97. The van der Waals surface area contributed by atoms with Crippen LogP contribution in [0.25, 0.3) is 0 Å². The van der Waals surface area contributed by atoms with Crippen LogP contribution in [-0.4, -0.2) is 43.4 Å². The zero-order valence-electron chi connectivity index (χ0n) is 13.5. The summed E-state index contributed by atoms with van der Waals surface area (Å²) in [5.74, 6) is 0. The van der Waals surface area contributed by atoms with Gasteiger partial charge < -0.3 is 15.0 Å². The van der Waals surface area contributed by atoms with E-state index in [1.165, 1.54) is 31.0 Å². The maximum Gasteiger partial charge on any atom is 0.416 e. The minimum atomic E-state index is -4.44. The van der Waals surface area contributed by atoms with Crippen molar-refractivity contribution in [3.8, 4) is 0 Å². The van der Waals surface area contributed by atoms with E-state index in [-0.39, 0.29) is 13.2 Å². The second-order valence-corrected chi connectivity index (χ2v) is 5.53. The van der Waals surface area contributed by atoms with Gasteiger partial charge >= 0.3 is 18.4 Å². The molecule has 142 valence electrons. The van der Waals surface area contributed by atoms with E-state index in [0.717, 1.165) is 12.1 Å². The van der Waals surface area contributed by atoms with Gasteiger partial charge in [-0.05, 0) is 24.6 Å². The van der Waals surface area contributed by atoms with Crippen molar-refractivity contribution in [2.24, 2.45) is 0 Å². The zero-order valence-corrected chi connectivity index (χ0v) is 13.5. The van der Waals surface area contributed by atoms with Gasteiger partial charge in [-0.3, -0.25) is 0 Å². The summed E-state index contributed by atoms with van der Waals surface area (Å²) in [5.41, 5.74) is -0.314. The maximum atomic E-state index is 12.5. The number of halogens is 6. The molecule has 1 aromatic carbocycles. The third-order valence-electron chi connectivity index (χ3n) is 3.05. The zero-order chi connectivity index (χ0) is 19.3. The van der Waals surface area contributed by atoms with Crippen LogP contribution in [0.15, 0.2) is 24.3 Å². The molecule has 1 rings (SSSR count). The highest BCUT2D eigenvalue weighted by atomic mass is 19.4. The molecule has 0 bridgehead atoms. The molecule has 0 aliphatic rings. The highest BCUT2D eigenvalue weighted by molar-refractivity contribution is 5.74. The minimum absolute atomic E-state index is 0.0418. The van der Waals surface area contributed by atoms with Crippen molar-refractivity contribution >= 4 is 6.03 Å². The lowest BCUT2D eigenvalue weighted by molar-refractivity contribution is -0.174. The van der Waals surface area contributed by atoms with Crippen molar-refractivity contribution in [2.75, 3.05) is 20.3 Å². The fourth-order valence-electron chi connectivity index (χ4n) is 1.86. The van der Waals surface area contributed by atoms with E-state index < -0.39 is 36.6 Å². The molecule has 25 heavy (non-hydrogen) atoms. The Kier molecular flexibility index (Phi) is 7.09. The van der Waals surface area contributed by atoms with Crippen LogP contribution in [0.1, 0.15) is 18.1 Å². The minimum Gasteiger partial charge on any atom is -0.370 e. The van der Waals surface area contributed by atoms with Gasteiger partial charge in [-0.15, -0.1) is 0 Å². The van der Waals surface area contributed by atoms with Crippen molar-refractivity contribution in [3.63, 3.8) is 0 Å². The summed E-state index contributed by atoms with van der Waals surface area (Å²) in [5, 5.41) is 2.44. The van der Waals surface area contributed by atoms with Gasteiger partial charge in [-0.2, -0.15) is 26.3 Å². The molecule has 1 unspecified atom stereocenters. The van der Waals surface area contributed by atoms with Gasteiger partial charge in [-0.1, -0.05) is 12.1 Å². The molecule has 1 N–H and O–H groups in total. The topological polar surface area (TPSA) is 41.6 Å². The van der Waals surface area contributed by atoms with Crippen LogP contribution in [0.4, 0.5) is 31.1 Å². The van der Waals surface area contributed by atoms with E-state index in [9.17, 15) is 31.1 Å². The number of urea groups is 1. The third-order valence-corrected chi connectivity index (χ3v) is 3.05. The summed E-state index contributed by atoms with van der Waals surface area (Å²) < 4.78 is 77.7. The average Bonchev–Trinajstić information content (AvgIpc) is 2.45. The molecule has 1 atom stereocenters. The molecule has 10 heteroatoms. The Bertz CT molecular complexity index is 557. The van der Waals surface area contributed by atoms with E-state index in [4.69, 9.17) is 0 Å². The first kappa shape index (κ1) is 21.1. The molecule has 1 aromatic rings. The normalized spacial score (nSPS) is 13.4. The number of benzene rings is 1. The number of nitrogens with one attached hydrogen (secondary N) is 1. The highest BCUT2D eigenvalue weighted by Crippen LogP contribution is 2.29. The predicted molar refractivity (Wildman–Crippen MR) is 77.8 cm³/mol. The van der Waals surface area contributed by atoms with Crippen LogP contribution in [0, 0.1) is 0 Å². The summed E-state index contributed by atoms with van der Waals surface area (Å²) >= 11 is 0. The Labute approximate surface area is 140 Å². The first-order valence-corrected chi connectivity index (χ1v) is 7.21. The number of carbonyl (C=O) groups is 1. The molecule has 0 aliphatic carbocycles. The van der Waals surface area contributed by atoms with Crippen molar-refractivity contribution in [1.29, 1.82) is 0 Å². The number of ether oxygens (including phenoxy) is 1. The molecule has 0 fully saturated rings. The SMILES string of the molecule is CC(COCC(F)(F)F)NC(=O)N(C)Cc1ccc(C(F)(F)F)cc1. The lowest BCUT2D eigenvalue weighted by Crippen LogP contribution is -2.43. The number of carbonyl (C=O) groups excluding carboxylic acids is 1. The smallest absolute Gasteiger partial charge is 0.370 e. The molecule has 0 saturated carbocycles. The monoisotopic (exact) mass is 372 g/mol. The Morgan fingerprint density at radius 3 is 2.20 bits per heavy atom. The van der Waals surface area contributed by atoms with E-state index in [2.05, 4.69) is 10.1 Å². The highest BCUT2D eigenvalue weighted by Gasteiger charge is 2.30. The quantitative estimate of drug-likeness (QED) is 0.772. The number of hydrogen-bond donors (Lipinski definition) is 1. The summed E-state index contributed by atoms with van der Waals surface area (Å²) in [6.45, 7) is -0.214. The fraction of sp³-hybridized carbons (Fsp3) is 0.533. The summed E-state index contributed by atoms with van der Waals surface area (Å²) in [6, 6.07) is 3.09. The standard InChI is InChI=1S/C15H18F6N2O2/c1-10(8-25-9-14(16,17)18)22-13(24)23(2)7-11-3-5-12(6-4-11)15(19,20)21/h3-6,10H,7-9H2,1-2H3,(H,22,24). The van der Waals surface area contributed by atoms with Crippen LogP contribution in [0.5, 0.6) is 0 Å². The maximum absolute atomic E-state index is 12.5. The number of hydrogen-bond acceptors (Lipinski definition) is 2. The molecule has 0 heterocycles. The molecule has 0 saturated heterocycles. The fourth-order valence-corrected chi connectivity index (χ4v) is 1.86. The van der Waals surface area contributed by atoms with Gasteiger partial charge in [0.25, 0.3) is 0 Å². The first-order valence-electron chi connectivity index (χ1n) is 7.21. The van der Waals surface area contributed by atoms with Crippen molar-refractivity contribution in [1.82, 2.24) is 10.2 Å². The summed E-state index contributed by atoms with van der Waals surface area (Å²) in [4.78, 5) is 13.1. The number of rotatable bonds is 6. The van der Waals surface area contributed by atoms with Gasteiger partial charge in [-0.25, -0.2) is 4.79 Å². The largest absolute Gasteiger partial charge is 0.416 e. The average molecular weight is 372 g/mol. The number of alkyl halides is 6. The summed E-state index contributed by atoms with van der Waals surface area (Å²) in [6.07, 6.45) is -8.88. The molecular weight excluding hydrogens is 354 g/mol. The molecule has 0 aliphatic heterocycles. The van der Waals surface area contributed by atoms with Crippen LogP contribution in [-0.2, 0) is 17.5 Å². The molecule has 2 amide bonds. The van der Waals surface area contributed by atoms with Gasteiger partial charge in [0.2, 0.25) is 0 Å². The van der Waals surface area contributed by atoms with Crippen molar-refractivity contribution in [2.45, 2.75) is 31.9 Å². The van der Waals surface area contributed by atoms with Crippen LogP contribution >= 0.6 is 0 Å². The summed E-state index contributed by atoms with van der Waals surface area (Å²) in [7, 11) is 1.41. The Morgan fingerprint density at radius 2 is 1.72 bits per heavy atom. The van der Waals surface area contributed by atoms with E-state index in [1.54, 1.807) is 0 Å². The van der Waals surface area contributed by atoms with Gasteiger partial charge in [0.1, 0.15) is 6.61 Å². The van der Waals surface area contributed by atoms with Crippen molar-refractivity contribution in [3.05, 3.63) is 35.4 Å². The number of amides is 2. The molecule has 4 nitrogen and oxygen atoms in total. The second kappa shape index (κ2) is 8.41. The van der Waals surface area contributed by atoms with E-state index >= 15 is 0 Å². The van der Waals surface area contributed by atoms with E-state index in [0.29, 0.717) is 5.56 Å². The van der Waals surface area contributed by atoms with Crippen LogP contribution in [0.3, 0.4) is 0 Å². The lowest BCUT2D eigenvalue weighted by atomic mass is 10.1. The molecule has 0 radical (unpaired) electrons. The first-order chi connectivity index (χ1) is 11.4. The van der Waals surface area contributed by atoms with Gasteiger partial charge in [0.15, 0.2) is 0 Å². The lowest BCUT2D eigenvalue weighted by Gasteiger charge is -2.22. The van der Waals surface area contributed by atoms with Crippen LogP contribution in [0.2, 0.25) is 0 Å². The molecule has 0 spiro atoms. The molecular formula is C15H18F6N2O2. The van der Waals surface area contributed by atoms with Crippen LogP contribution < -0.4 is 5.32 Å². The predicted octanol–water partition coefficient (Wildman–Crippen LogP) is 3.81. The van der Waals surface area contributed by atoms with Gasteiger partial charge in [0, 0.05) is 13.6 Å². The second-order valence-electron chi connectivity index (χ2n) is 5.53. The van der Waals surface area contributed by atoms with Gasteiger partial charge in [0.05, 0.1) is 18.2 Å². The van der Waals surface area contributed by atoms with Crippen molar-refractivity contribution < 1.29 is 35.9 Å². The third kappa shape index (κ3) is 8.10. The van der Waals surface area contributed by atoms with E-state index in [1.807, 2.05) is 0 Å². The number of nitrogens with zero attached hydrogens (tertiary/aromatic N) is 1. The Morgan fingerprint density at radius 1 is 1.16 bits per heavy atom. The molecule has 0 aromatic heterocycles.